The maximum atomic E-state index is 15.6. The van der Waals surface area contributed by atoms with Crippen LogP contribution in [-0.4, -0.2) is 63.1 Å². The Morgan fingerprint density at radius 1 is 0.902 bits per heavy atom. The average molecular weight is 821 g/mol. The normalized spacial score (nSPS) is 14.0. The van der Waals surface area contributed by atoms with Crippen molar-refractivity contribution in [2.75, 3.05) is 32.3 Å². The minimum atomic E-state index is -0.491. The van der Waals surface area contributed by atoms with Crippen molar-refractivity contribution in [2.24, 2.45) is 7.05 Å². The van der Waals surface area contributed by atoms with Crippen LogP contribution in [0, 0.1) is 41.5 Å². The molecule has 7 aromatic rings. The van der Waals surface area contributed by atoms with Gasteiger partial charge in [0.15, 0.2) is 0 Å². The van der Waals surface area contributed by atoms with Crippen molar-refractivity contribution < 1.29 is 23.8 Å². The molecule has 0 spiro atoms. The predicted molar refractivity (Wildman–Crippen MR) is 242 cm³/mol. The maximum Gasteiger partial charge on any atom is 0.340 e. The van der Waals surface area contributed by atoms with Crippen LogP contribution in [0.25, 0.3) is 32.9 Å². The lowest BCUT2D eigenvalue weighted by atomic mass is 9.94. The summed E-state index contributed by atoms with van der Waals surface area (Å²) in [7, 11) is 4.94. The lowest BCUT2D eigenvalue weighted by molar-refractivity contribution is 0.0602. The molecule has 316 valence electrons. The number of ether oxygens (including phenoxy) is 3. The van der Waals surface area contributed by atoms with Crippen LogP contribution >= 0.6 is 0 Å². The number of benzene rings is 3. The number of pyridine rings is 1. The van der Waals surface area contributed by atoms with Crippen molar-refractivity contribution in [1.82, 2.24) is 23.9 Å². The monoisotopic (exact) mass is 820 g/mol. The number of anilines is 1. The first-order valence-electron chi connectivity index (χ1n) is 21.2. The molecule has 3 aromatic carbocycles. The molecule has 0 saturated carbocycles. The number of aromatic nitrogens is 5. The van der Waals surface area contributed by atoms with Crippen molar-refractivity contribution in [3.8, 4) is 22.6 Å². The lowest BCUT2D eigenvalue weighted by Crippen LogP contribution is -2.43. The molecule has 0 aliphatic carbocycles. The third kappa shape index (κ3) is 7.03. The summed E-state index contributed by atoms with van der Waals surface area (Å²) >= 11 is 0. The fourth-order valence-electron chi connectivity index (χ4n) is 9.78. The van der Waals surface area contributed by atoms with E-state index in [1.165, 1.54) is 23.8 Å². The van der Waals surface area contributed by atoms with Crippen LogP contribution in [0.4, 0.5) is 5.69 Å². The third-order valence-electron chi connectivity index (χ3n) is 12.6. The van der Waals surface area contributed by atoms with Gasteiger partial charge >= 0.3 is 5.97 Å². The van der Waals surface area contributed by atoms with Crippen LogP contribution in [0.15, 0.2) is 60.8 Å². The molecule has 61 heavy (non-hydrogen) atoms. The summed E-state index contributed by atoms with van der Waals surface area (Å²) in [6.07, 6.45) is 4.11. The van der Waals surface area contributed by atoms with Crippen molar-refractivity contribution in [1.29, 1.82) is 0 Å². The van der Waals surface area contributed by atoms with Gasteiger partial charge < -0.3 is 28.2 Å². The van der Waals surface area contributed by atoms with Crippen LogP contribution < -0.4 is 14.4 Å². The first-order valence-corrected chi connectivity index (χ1v) is 21.2. The molecule has 11 heteroatoms. The molecule has 0 unspecified atom stereocenters. The molecule has 11 nitrogen and oxygen atoms in total. The number of nitrogens with zero attached hydrogens (tertiary/aromatic N) is 6. The molecule has 1 aliphatic rings. The van der Waals surface area contributed by atoms with E-state index in [2.05, 4.69) is 77.3 Å². The first kappa shape index (κ1) is 41.4. The number of carbonyl (C=O) groups is 2. The van der Waals surface area contributed by atoms with Crippen LogP contribution in [-0.2, 0) is 31.2 Å². The number of hydrogen-bond acceptors (Lipinski definition) is 7. The zero-order chi connectivity index (χ0) is 43.4. The number of esters is 1. The minimum Gasteiger partial charge on any atom is -0.496 e. The number of rotatable bonds is 12. The van der Waals surface area contributed by atoms with Crippen LogP contribution in [0.1, 0.15) is 97.7 Å². The summed E-state index contributed by atoms with van der Waals surface area (Å²) in [5.74, 6) is 0.780. The number of carbonyl (C=O) groups excluding carboxylic acids is 2. The predicted octanol–water partition coefficient (Wildman–Crippen LogP) is 9.88. The first-order chi connectivity index (χ1) is 29.3. The summed E-state index contributed by atoms with van der Waals surface area (Å²) in [6, 6.07) is 18.2. The Morgan fingerprint density at radius 2 is 1.66 bits per heavy atom. The van der Waals surface area contributed by atoms with Gasteiger partial charge in [0.25, 0.3) is 5.91 Å². The Hall–Kier alpha value is -6.36. The molecule has 0 radical (unpaired) electrons. The van der Waals surface area contributed by atoms with Crippen molar-refractivity contribution >= 4 is 39.4 Å². The molecular weight excluding hydrogens is 765 g/mol. The molecule has 8 rings (SSSR count). The van der Waals surface area contributed by atoms with E-state index in [0.29, 0.717) is 66.1 Å². The quantitative estimate of drug-likeness (QED) is 0.0893. The zero-order valence-electron chi connectivity index (χ0n) is 37.3. The van der Waals surface area contributed by atoms with E-state index in [4.69, 9.17) is 24.3 Å². The van der Waals surface area contributed by atoms with E-state index >= 15 is 4.79 Å². The minimum absolute atomic E-state index is 0.109. The Bertz CT molecular complexity index is 2850. The van der Waals surface area contributed by atoms with Crippen molar-refractivity contribution in [2.45, 2.75) is 87.2 Å². The number of hydrogen-bond donors (Lipinski definition) is 0. The van der Waals surface area contributed by atoms with Gasteiger partial charge in [-0.1, -0.05) is 25.1 Å². The summed E-state index contributed by atoms with van der Waals surface area (Å²) in [5.41, 5.74) is 15.3. The molecule has 5 heterocycles. The summed E-state index contributed by atoms with van der Waals surface area (Å²) < 4.78 is 23.8. The highest BCUT2D eigenvalue weighted by molar-refractivity contribution is 6.18. The van der Waals surface area contributed by atoms with Gasteiger partial charge in [-0.3, -0.25) is 14.5 Å². The Balaban J connectivity index is 1.30. The molecule has 0 saturated heterocycles. The molecule has 1 amide bonds. The molecule has 1 aliphatic heterocycles. The van der Waals surface area contributed by atoms with Gasteiger partial charge in [0.05, 0.1) is 66.4 Å². The van der Waals surface area contributed by atoms with Crippen LogP contribution in [0.5, 0.6) is 11.5 Å². The molecule has 4 aromatic heterocycles. The molecule has 0 bridgehead atoms. The Labute approximate surface area is 357 Å². The van der Waals surface area contributed by atoms with E-state index in [1.807, 2.05) is 58.5 Å². The second-order valence-electron chi connectivity index (χ2n) is 16.6. The molecular formula is C50H56N6O5. The SMILES string of the molecule is CCc1c(C)cc(OCCCc2c3n(c4c(-c5c(C)nn(C)c5C)c(C)ccc24)[C@H](C)CN(c2ccc(OC)c4c(C(=O)OC)cn(Cc5cccc(C)n5)c24)C3=O)cc1C. The van der Waals surface area contributed by atoms with E-state index in [9.17, 15) is 4.79 Å². The van der Waals surface area contributed by atoms with E-state index < -0.39 is 5.97 Å². The number of amides is 1. The van der Waals surface area contributed by atoms with Gasteiger partial charge in [-0.2, -0.15) is 5.10 Å². The van der Waals surface area contributed by atoms with Crippen molar-refractivity contribution in [3.63, 3.8) is 0 Å². The number of aryl methyl sites for hydroxylation is 7. The fraction of sp³-hybridized carbons (Fsp3) is 0.360. The van der Waals surface area contributed by atoms with Gasteiger partial charge in [-0.15, -0.1) is 0 Å². The van der Waals surface area contributed by atoms with Crippen LogP contribution in [0.3, 0.4) is 0 Å². The average Bonchev–Trinajstić information content (AvgIpc) is 3.86. The van der Waals surface area contributed by atoms with Gasteiger partial charge in [-0.25, -0.2) is 4.79 Å². The molecule has 0 N–H and O–H groups in total. The summed E-state index contributed by atoms with van der Waals surface area (Å²) in [6.45, 7) is 18.2. The fourth-order valence-corrected chi connectivity index (χ4v) is 9.78. The number of fused-ring (bicyclic) bond motifs is 4. The van der Waals surface area contributed by atoms with Crippen molar-refractivity contribution in [3.05, 3.63) is 123 Å². The zero-order valence-corrected chi connectivity index (χ0v) is 37.3. The Kier molecular flexibility index (Phi) is 11.0. The number of methoxy groups -OCH3 is 2. The van der Waals surface area contributed by atoms with Crippen LogP contribution in [0.2, 0.25) is 0 Å². The van der Waals surface area contributed by atoms with Gasteiger partial charge in [0.2, 0.25) is 0 Å². The standard InChI is InChI=1S/C50H56N6O5/c1-12-37-29(3)23-36(24-30(37)4)61-22-14-17-38-39-19-18-28(2)43(44-33(7)52-53(9)34(44)8)46(39)56-32(6)25-55(49(57)47(38)56)41-20-21-42(59-10)45-40(50(58)60-11)27-54(48(41)45)26-35-16-13-15-31(5)51-35/h13,15-16,18-21,23-24,27,32H,12,14,17,22,25-26H2,1-11H3/t32-/m1/s1. The Morgan fingerprint density at radius 3 is 2.31 bits per heavy atom. The van der Waals surface area contributed by atoms with E-state index in [0.717, 1.165) is 68.1 Å². The maximum absolute atomic E-state index is 15.6. The highest BCUT2D eigenvalue weighted by Gasteiger charge is 2.38. The second-order valence-corrected chi connectivity index (χ2v) is 16.6. The molecule has 0 fully saturated rings. The van der Waals surface area contributed by atoms with E-state index in [1.54, 1.807) is 13.3 Å². The third-order valence-corrected chi connectivity index (χ3v) is 12.6. The highest BCUT2D eigenvalue weighted by atomic mass is 16.5. The van der Waals surface area contributed by atoms with Gasteiger partial charge in [0, 0.05) is 53.7 Å². The lowest BCUT2D eigenvalue weighted by Gasteiger charge is -2.35. The summed E-state index contributed by atoms with van der Waals surface area (Å²) in [5, 5.41) is 6.47. The van der Waals surface area contributed by atoms with Gasteiger partial charge in [0.1, 0.15) is 17.2 Å². The molecule has 1 atom stereocenters. The second kappa shape index (κ2) is 16.2. The topological polar surface area (TPSA) is 106 Å². The van der Waals surface area contributed by atoms with Gasteiger partial charge in [-0.05, 0) is 132 Å². The van der Waals surface area contributed by atoms with E-state index in [-0.39, 0.29) is 11.9 Å². The summed E-state index contributed by atoms with van der Waals surface area (Å²) in [4.78, 5) is 35.7. The largest absolute Gasteiger partial charge is 0.496 e. The smallest absolute Gasteiger partial charge is 0.340 e. The highest BCUT2D eigenvalue weighted by Crippen LogP contribution is 2.45.